The maximum atomic E-state index is 16.4. The summed E-state index contributed by atoms with van der Waals surface area (Å²) < 4.78 is 54.2. The van der Waals surface area contributed by atoms with Crippen LogP contribution in [0.25, 0.3) is 10.9 Å². The minimum absolute atomic E-state index is 0.0748. The first-order chi connectivity index (χ1) is 20.8. The number of fused-ring (bicyclic) bond motifs is 1. The van der Waals surface area contributed by atoms with Crippen molar-refractivity contribution < 1.29 is 32.5 Å². The lowest BCUT2D eigenvalue weighted by Gasteiger charge is -2.39. The molecule has 2 aliphatic heterocycles. The minimum Gasteiger partial charge on any atom is -0.497 e. The van der Waals surface area contributed by atoms with Crippen molar-refractivity contribution in [3.05, 3.63) is 65.4 Å². The second kappa shape index (κ2) is 13.9. The standard InChI is InChI=1S/C32H39F3N4O4/c1-42-26-2-3-29-27(19-26)30(22(20-37-29)21-39-12-14-43-15-13-39)28(35)4-5-32(31(40)41)6-9-38(10-7-32)11-8-36-25-17-23(33)16-24(34)18-25/h2-3,16-20,28,36H,4-15,21H2,1H3,(H,40,41). The monoisotopic (exact) mass is 600 g/mol. The molecule has 2 saturated heterocycles. The van der Waals surface area contributed by atoms with Crippen LogP contribution >= 0.6 is 0 Å². The zero-order valence-corrected chi connectivity index (χ0v) is 24.5. The number of methoxy groups -OCH3 is 1. The average Bonchev–Trinajstić information content (AvgIpc) is 3.00. The smallest absolute Gasteiger partial charge is 0.309 e. The molecule has 2 fully saturated rings. The Bertz CT molecular complexity index is 1390. The fraction of sp³-hybridized carbons (Fsp3) is 0.500. The van der Waals surface area contributed by atoms with Gasteiger partial charge in [-0.15, -0.1) is 0 Å². The number of rotatable bonds is 12. The van der Waals surface area contributed by atoms with Crippen LogP contribution in [0, 0.1) is 17.0 Å². The zero-order valence-electron chi connectivity index (χ0n) is 24.5. The normalized spacial score (nSPS) is 18.4. The Morgan fingerprint density at radius 2 is 1.81 bits per heavy atom. The number of hydrogen-bond acceptors (Lipinski definition) is 7. The molecule has 0 amide bonds. The number of anilines is 1. The molecule has 3 heterocycles. The predicted molar refractivity (Wildman–Crippen MR) is 158 cm³/mol. The van der Waals surface area contributed by atoms with Gasteiger partial charge in [0, 0.05) is 61.6 Å². The summed E-state index contributed by atoms with van der Waals surface area (Å²) in [6, 6.07) is 8.71. The summed E-state index contributed by atoms with van der Waals surface area (Å²) in [5.41, 5.74) is 1.34. The lowest BCUT2D eigenvalue weighted by Crippen LogP contribution is -2.45. The summed E-state index contributed by atoms with van der Waals surface area (Å²) >= 11 is 0. The Balaban J connectivity index is 1.25. The van der Waals surface area contributed by atoms with Gasteiger partial charge in [-0.05, 0) is 74.7 Å². The molecular weight excluding hydrogens is 561 g/mol. The van der Waals surface area contributed by atoms with Gasteiger partial charge >= 0.3 is 5.97 Å². The fourth-order valence-electron chi connectivity index (χ4n) is 6.19. The van der Waals surface area contributed by atoms with E-state index in [-0.39, 0.29) is 12.8 Å². The van der Waals surface area contributed by atoms with Crippen LogP contribution in [0.1, 0.15) is 43.0 Å². The van der Waals surface area contributed by atoms with Crippen LogP contribution in [-0.2, 0) is 16.1 Å². The molecule has 2 N–H and O–H groups in total. The van der Waals surface area contributed by atoms with Crippen LogP contribution in [-0.4, -0.2) is 85.5 Å². The molecule has 8 nitrogen and oxygen atoms in total. The van der Waals surface area contributed by atoms with E-state index >= 15 is 4.39 Å². The van der Waals surface area contributed by atoms with Gasteiger partial charge in [0.1, 0.15) is 23.6 Å². The number of nitrogens with one attached hydrogen (secondary N) is 1. The number of nitrogens with zero attached hydrogens (tertiary/aromatic N) is 3. The van der Waals surface area contributed by atoms with Crippen LogP contribution in [0.3, 0.4) is 0 Å². The second-order valence-corrected chi connectivity index (χ2v) is 11.5. The molecule has 1 unspecified atom stereocenters. The van der Waals surface area contributed by atoms with Gasteiger partial charge in [-0.3, -0.25) is 14.7 Å². The number of carboxylic acids is 1. The lowest BCUT2D eigenvalue weighted by molar-refractivity contribution is -0.153. The first-order valence-corrected chi connectivity index (χ1v) is 14.8. The van der Waals surface area contributed by atoms with Crippen molar-refractivity contribution in [1.29, 1.82) is 0 Å². The summed E-state index contributed by atoms with van der Waals surface area (Å²) in [4.78, 5) is 21.5. The van der Waals surface area contributed by atoms with E-state index < -0.39 is 29.2 Å². The van der Waals surface area contributed by atoms with E-state index in [1.165, 1.54) is 12.1 Å². The van der Waals surface area contributed by atoms with Gasteiger partial charge in [-0.2, -0.15) is 0 Å². The summed E-state index contributed by atoms with van der Waals surface area (Å²) in [5, 5.41) is 14.0. The third-order valence-corrected chi connectivity index (χ3v) is 8.77. The third-order valence-electron chi connectivity index (χ3n) is 8.77. The first kappa shape index (κ1) is 31.0. The number of pyridine rings is 1. The number of piperidine rings is 1. The molecule has 5 rings (SSSR count). The van der Waals surface area contributed by atoms with Crippen LogP contribution in [0.4, 0.5) is 18.9 Å². The highest BCUT2D eigenvalue weighted by atomic mass is 19.1. The van der Waals surface area contributed by atoms with E-state index in [0.717, 1.165) is 24.7 Å². The number of ether oxygens (including phenoxy) is 2. The van der Waals surface area contributed by atoms with Crippen LogP contribution < -0.4 is 10.1 Å². The highest BCUT2D eigenvalue weighted by molar-refractivity contribution is 5.85. The van der Waals surface area contributed by atoms with Gasteiger partial charge in [-0.25, -0.2) is 13.2 Å². The van der Waals surface area contributed by atoms with Crippen molar-refractivity contribution >= 4 is 22.6 Å². The quantitative estimate of drug-likeness (QED) is 0.285. The number of carboxylic acid groups (broad SMARTS) is 1. The Morgan fingerprint density at radius 1 is 1.09 bits per heavy atom. The first-order valence-electron chi connectivity index (χ1n) is 14.8. The number of benzene rings is 2. The van der Waals surface area contributed by atoms with Crippen molar-refractivity contribution in [3.63, 3.8) is 0 Å². The van der Waals surface area contributed by atoms with E-state index in [1.54, 1.807) is 19.4 Å². The molecule has 43 heavy (non-hydrogen) atoms. The average molecular weight is 601 g/mol. The van der Waals surface area contributed by atoms with Gasteiger partial charge in [-0.1, -0.05) is 0 Å². The number of carbonyl (C=O) groups is 1. The van der Waals surface area contributed by atoms with Crippen molar-refractivity contribution in [2.24, 2.45) is 5.41 Å². The maximum absolute atomic E-state index is 16.4. The summed E-state index contributed by atoms with van der Waals surface area (Å²) in [5.74, 6) is -1.59. The molecule has 0 radical (unpaired) electrons. The number of aliphatic carboxylic acids is 1. The van der Waals surface area contributed by atoms with Gasteiger partial charge in [0.25, 0.3) is 0 Å². The molecule has 0 spiro atoms. The van der Waals surface area contributed by atoms with E-state index in [9.17, 15) is 18.7 Å². The number of likely N-dealkylation sites (tertiary alicyclic amines) is 1. The largest absolute Gasteiger partial charge is 0.497 e. The molecule has 2 aromatic carbocycles. The molecule has 0 aliphatic carbocycles. The Kier molecular flexibility index (Phi) is 10.0. The lowest BCUT2D eigenvalue weighted by atomic mass is 9.74. The van der Waals surface area contributed by atoms with E-state index in [2.05, 4.69) is 20.1 Å². The summed E-state index contributed by atoms with van der Waals surface area (Å²) in [6.45, 7) is 5.42. The highest BCUT2D eigenvalue weighted by Gasteiger charge is 2.42. The number of halogens is 3. The SMILES string of the molecule is COc1ccc2ncc(CN3CCOCC3)c(C(F)CCC3(C(=O)O)CCN(CCNc4cc(F)cc(F)c4)CC3)c2c1. The number of hydrogen-bond donors (Lipinski definition) is 2. The van der Waals surface area contributed by atoms with E-state index in [4.69, 9.17) is 9.47 Å². The predicted octanol–water partition coefficient (Wildman–Crippen LogP) is 5.42. The van der Waals surface area contributed by atoms with Crippen LogP contribution in [0.5, 0.6) is 5.75 Å². The van der Waals surface area contributed by atoms with Crippen molar-refractivity contribution in [2.45, 2.75) is 38.4 Å². The number of morpholine rings is 1. The van der Waals surface area contributed by atoms with Gasteiger partial charge < -0.3 is 24.8 Å². The Morgan fingerprint density at radius 3 is 2.49 bits per heavy atom. The molecule has 232 valence electrons. The van der Waals surface area contributed by atoms with Crippen molar-refractivity contribution in [1.82, 2.24) is 14.8 Å². The number of aromatic nitrogens is 1. The summed E-state index contributed by atoms with van der Waals surface area (Å²) in [6.07, 6.45) is 1.45. The Hall–Kier alpha value is -3.41. The summed E-state index contributed by atoms with van der Waals surface area (Å²) in [7, 11) is 1.57. The van der Waals surface area contributed by atoms with Crippen molar-refractivity contribution in [2.75, 3.05) is 64.9 Å². The molecule has 1 atom stereocenters. The molecule has 3 aromatic rings. The molecule has 0 saturated carbocycles. The van der Waals surface area contributed by atoms with E-state index in [0.29, 0.717) is 86.7 Å². The molecule has 1 aromatic heterocycles. The van der Waals surface area contributed by atoms with Crippen molar-refractivity contribution in [3.8, 4) is 5.75 Å². The zero-order chi connectivity index (χ0) is 30.4. The molecule has 11 heteroatoms. The second-order valence-electron chi connectivity index (χ2n) is 11.5. The molecule has 2 aliphatic rings. The molecular formula is C32H39F3N4O4. The van der Waals surface area contributed by atoms with Gasteiger partial charge in [0.05, 0.1) is 31.3 Å². The topological polar surface area (TPSA) is 87.2 Å². The third kappa shape index (κ3) is 7.57. The van der Waals surface area contributed by atoms with Gasteiger partial charge in [0.2, 0.25) is 0 Å². The van der Waals surface area contributed by atoms with Crippen LogP contribution in [0.15, 0.2) is 42.6 Å². The minimum atomic E-state index is -1.38. The van der Waals surface area contributed by atoms with Gasteiger partial charge in [0.15, 0.2) is 0 Å². The molecule has 0 bridgehead atoms. The Labute approximate surface area is 249 Å². The number of alkyl halides is 1. The maximum Gasteiger partial charge on any atom is 0.309 e. The van der Waals surface area contributed by atoms with E-state index in [1.807, 2.05) is 12.1 Å². The highest BCUT2D eigenvalue weighted by Crippen LogP contribution is 2.41. The van der Waals surface area contributed by atoms with Crippen LogP contribution in [0.2, 0.25) is 0 Å². The fourth-order valence-corrected chi connectivity index (χ4v) is 6.19.